The van der Waals surface area contributed by atoms with Gasteiger partial charge in [0.1, 0.15) is 11.5 Å². The molecular weight excluding hydrogens is 928 g/mol. The molecule has 2 aliphatic rings. The highest BCUT2D eigenvalue weighted by molar-refractivity contribution is 14.1. The molecule has 4 rings (SSSR count). The third kappa shape index (κ3) is 7.65. The number of benzene rings is 2. The van der Waals surface area contributed by atoms with Crippen molar-refractivity contribution in [2.45, 2.75) is 84.2 Å². The van der Waals surface area contributed by atoms with E-state index in [0.717, 1.165) is 35.0 Å². The molecule has 2 aromatic carbocycles. The van der Waals surface area contributed by atoms with E-state index < -0.39 is 12.6 Å². The number of alkyl halides is 4. The fourth-order valence-corrected chi connectivity index (χ4v) is 8.58. The average molecular weight is 968 g/mol. The number of halogens is 4. The molecule has 2 aliphatic heterocycles. The third-order valence-corrected chi connectivity index (χ3v) is 10.9. The monoisotopic (exact) mass is 968 g/mol. The van der Waals surface area contributed by atoms with Crippen molar-refractivity contribution in [2.24, 2.45) is 11.8 Å². The Balaban J connectivity index is 1.59. The Bertz CT molecular complexity index is 1080. The summed E-state index contributed by atoms with van der Waals surface area (Å²) in [5.74, 6) is 3.80. The summed E-state index contributed by atoms with van der Waals surface area (Å²) < 4.78 is 24.5. The van der Waals surface area contributed by atoms with Gasteiger partial charge in [-0.15, -0.1) is 0 Å². The van der Waals surface area contributed by atoms with Crippen molar-refractivity contribution in [3.05, 3.63) is 57.6 Å². The first-order valence-corrected chi connectivity index (χ1v) is 20.0. The fourth-order valence-electron chi connectivity index (χ4n) is 6.01. The molecule has 0 radical (unpaired) electrons. The van der Waals surface area contributed by atoms with E-state index in [1.807, 2.05) is 0 Å². The van der Waals surface area contributed by atoms with Crippen LogP contribution in [-0.4, -0.2) is 17.7 Å². The Morgan fingerprint density at radius 3 is 1.95 bits per heavy atom. The quantitative estimate of drug-likeness (QED) is 0.139. The minimum absolute atomic E-state index is 0.412. The van der Waals surface area contributed by atoms with Gasteiger partial charge in [-0.3, -0.25) is 4.74 Å². The van der Waals surface area contributed by atoms with Gasteiger partial charge < -0.3 is 9.47 Å². The van der Waals surface area contributed by atoms with E-state index in [9.17, 15) is 0 Å². The molecule has 0 aliphatic carbocycles. The number of fused-ring (bicyclic) bond motifs is 6. The smallest absolute Gasteiger partial charge is 0.233 e. The van der Waals surface area contributed by atoms with Crippen molar-refractivity contribution in [1.29, 1.82) is 0 Å². The van der Waals surface area contributed by atoms with E-state index in [1.54, 1.807) is 0 Å². The van der Waals surface area contributed by atoms with Crippen molar-refractivity contribution in [3.63, 3.8) is 0 Å². The molecule has 2 aromatic rings. The summed E-state index contributed by atoms with van der Waals surface area (Å²) in [6, 6.07) is 9.26. The molecule has 38 heavy (non-hydrogen) atoms. The van der Waals surface area contributed by atoms with Gasteiger partial charge in [-0.05, 0) is 129 Å². The van der Waals surface area contributed by atoms with Crippen molar-refractivity contribution in [3.8, 4) is 11.5 Å². The van der Waals surface area contributed by atoms with Gasteiger partial charge in [-0.2, -0.15) is 0 Å². The maximum absolute atomic E-state index is 6.59. The first-order chi connectivity index (χ1) is 18.4. The molecule has 7 heteroatoms. The molecule has 5 unspecified atom stereocenters. The van der Waals surface area contributed by atoms with Crippen LogP contribution in [0.15, 0.2) is 24.3 Å². The van der Waals surface area contributed by atoms with E-state index in [-0.39, 0.29) is 0 Å². The van der Waals surface area contributed by atoms with Crippen molar-refractivity contribution < 1.29 is 14.2 Å². The molecule has 2 heterocycles. The molecule has 0 spiro atoms. The maximum atomic E-state index is 6.59. The summed E-state index contributed by atoms with van der Waals surface area (Å²) in [5.41, 5.74) is 7.21. The number of hydrogen-bond acceptors (Lipinski definition) is 3. The summed E-state index contributed by atoms with van der Waals surface area (Å²) in [6.45, 7) is 6.75. The van der Waals surface area contributed by atoms with Crippen LogP contribution in [0.2, 0.25) is 0 Å². The first kappa shape index (κ1) is 31.8. The molecule has 2 bridgehead atoms. The second-order valence-electron chi connectivity index (χ2n) is 10.9. The minimum Gasteiger partial charge on any atom is -0.459 e. The van der Waals surface area contributed by atoms with E-state index in [4.69, 9.17) is 14.2 Å². The van der Waals surface area contributed by atoms with E-state index in [0.29, 0.717) is 11.8 Å². The van der Waals surface area contributed by atoms with E-state index in [1.165, 1.54) is 78.5 Å². The summed E-state index contributed by atoms with van der Waals surface area (Å²) in [6.07, 6.45) is 7.96. The van der Waals surface area contributed by atoms with Crippen molar-refractivity contribution in [2.75, 3.05) is 17.7 Å². The van der Waals surface area contributed by atoms with Crippen LogP contribution in [0.4, 0.5) is 0 Å². The predicted molar refractivity (Wildman–Crippen MR) is 193 cm³/mol. The van der Waals surface area contributed by atoms with Crippen LogP contribution >= 0.6 is 90.4 Å². The van der Waals surface area contributed by atoms with Gasteiger partial charge in [0.15, 0.2) is 0 Å². The highest BCUT2D eigenvalue weighted by Crippen LogP contribution is 2.51. The van der Waals surface area contributed by atoms with Crippen LogP contribution in [0.3, 0.4) is 0 Å². The minimum atomic E-state index is -0.417. The molecule has 0 saturated heterocycles. The average Bonchev–Trinajstić information content (AvgIpc) is 2.90. The van der Waals surface area contributed by atoms with Crippen LogP contribution in [0, 0.1) is 25.7 Å². The van der Waals surface area contributed by atoms with E-state index in [2.05, 4.69) is 135 Å². The van der Waals surface area contributed by atoms with E-state index >= 15 is 0 Å². The van der Waals surface area contributed by atoms with Crippen LogP contribution < -0.4 is 9.47 Å². The Morgan fingerprint density at radius 2 is 1.32 bits per heavy atom. The Hall–Kier alpha value is 0.920. The SMILES string of the molecule is Cc1cc(CC(CCI)CCCI)cc2c1OC1OC2Oc2c(C)cc(C(C)C(CCI)CCCI)cc21. The standard InChI is InChI=1S/C31H40I4O3/c1-19-14-23(16-22(8-12-34)6-4-10-32)17-26-28(19)36-31-27-18-25(15-20(2)29(27)37-30(26)38-31)21(3)24(9-13-35)7-5-11-33/h14-15,17-18,21-22,24,30-31H,4-13,16H2,1-3H3. The lowest BCUT2D eigenvalue weighted by Crippen LogP contribution is -2.31. The molecule has 0 saturated carbocycles. The van der Waals surface area contributed by atoms with Gasteiger partial charge in [0.25, 0.3) is 0 Å². The summed E-state index contributed by atoms with van der Waals surface area (Å²) in [7, 11) is 0. The molecule has 0 fully saturated rings. The highest BCUT2D eigenvalue weighted by atomic mass is 127. The van der Waals surface area contributed by atoms with Crippen LogP contribution in [-0.2, 0) is 11.2 Å². The molecule has 0 N–H and O–H groups in total. The fraction of sp³-hybridized carbons (Fsp3) is 0.613. The molecule has 5 atom stereocenters. The lowest BCUT2D eigenvalue weighted by Gasteiger charge is -2.40. The van der Waals surface area contributed by atoms with Gasteiger partial charge in [-0.25, -0.2) is 0 Å². The summed E-state index contributed by atoms with van der Waals surface area (Å²) >= 11 is 10.0. The zero-order chi connectivity index (χ0) is 27.2. The van der Waals surface area contributed by atoms with Crippen LogP contribution in [0.25, 0.3) is 0 Å². The predicted octanol–water partition coefficient (Wildman–Crippen LogP) is 10.8. The molecular formula is C31H40I4O3. The second-order valence-corrected chi connectivity index (χ2v) is 15.2. The van der Waals surface area contributed by atoms with Crippen molar-refractivity contribution >= 4 is 90.4 Å². The maximum Gasteiger partial charge on any atom is 0.233 e. The van der Waals surface area contributed by atoms with Gasteiger partial charge in [0.05, 0.1) is 11.1 Å². The zero-order valence-electron chi connectivity index (χ0n) is 22.7. The van der Waals surface area contributed by atoms with Gasteiger partial charge in [0, 0.05) is 0 Å². The summed E-state index contributed by atoms with van der Waals surface area (Å²) in [4.78, 5) is 0. The van der Waals surface area contributed by atoms with Crippen molar-refractivity contribution in [1.82, 2.24) is 0 Å². The van der Waals surface area contributed by atoms with Gasteiger partial charge >= 0.3 is 0 Å². The van der Waals surface area contributed by atoms with Gasteiger partial charge in [0.2, 0.25) is 12.6 Å². The molecule has 210 valence electrons. The Morgan fingerprint density at radius 1 is 0.711 bits per heavy atom. The zero-order valence-corrected chi connectivity index (χ0v) is 31.3. The summed E-state index contributed by atoms with van der Waals surface area (Å²) in [5, 5.41) is 0. The normalized spacial score (nSPS) is 20.1. The van der Waals surface area contributed by atoms with Crippen LogP contribution in [0.5, 0.6) is 11.5 Å². The first-order valence-electron chi connectivity index (χ1n) is 13.9. The lowest BCUT2D eigenvalue weighted by molar-refractivity contribution is -0.228. The van der Waals surface area contributed by atoms with Gasteiger partial charge in [-0.1, -0.05) is 109 Å². The Kier molecular flexibility index (Phi) is 12.9. The number of rotatable bonds is 14. The third-order valence-electron chi connectivity index (χ3n) is 8.10. The lowest BCUT2D eigenvalue weighted by atomic mass is 9.81. The molecule has 3 nitrogen and oxygen atoms in total. The number of aryl methyl sites for hydroxylation is 2. The molecule has 0 aromatic heterocycles. The largest absolute Gasteiger partial charge is 0.459 e. The topological polar surface area (TPSA) is 27.7 Å². The highest BCUT2D eigenvalue weighted by Gasteiger charge is 2.40. The van der Waals surface area contributed by atoms with Crippen LogP contribution in [0.1, 0.15) is 97.3 Å². The number of hydrogen-bond donors (Lipinski definition) is 0. The Labute approximate surface area is 284 Å². The second kappa shape index (κ2) is 15.4. The molecule has 0 amide bonds. The number of ether oxygens (including phenoxy) is 3.